The van der Waals surface area contributed by atoms with E-state index in [1.807, 2.05) is 6.92 Å². The summed E-state index contributed by atoms with van der Waals surface area (Å²) in [6.45, 7) is 12.0. The van der Waals surface area contributed by atoms with E-state index in [4.69, 9.17) is 9.47 Å². The molecule has 1 heterocycles. The second kappa shape index (κ2) is 7.76. The number of carbonyl (C=O) groups is 1. The minimum absolute atomic E-state index is 0.0536. The maximum absolute atomic E-state index is 12.0. The molecule has 1 aliphatic heterocycles. The molecule has 0 aromatic rings. The van der Waals surface area contributed by atoms with Crippen molar-refractivity contribution in [2.24, 2.45) is 22.7 Å². The average molecular weight is 368 g/mol. The van der Waals surface area contributed by atoms with Crippen LogP contribution in [0, 0.1) is 22.7 Å². The number of rotatable bonds is 7. The molecule has 5 atom stereocenters. The first-order valence-corrected chi connectivity index (χ1v) is 10.5. The van der Waals surface area contributed by atoms with Gasteiger partial charge in [-0.15, -0.1) is 0 Å². The summed E-state index contributed by atoms with van der Waals surface area (Å²) in [5.74, 6) is 0.601. The Kier molecular flexibility index (Phi) is 6.00. The predicted octanol–water partition coefficient (Wildman–Crippen LogP) is 2.85. The molecule has 3 aliphatic rings. The zero-order chi connectivity index (χ0) is 18.9. The Morgan fingerprint density at radius 3 is 2.69 bits per heavy atom. The first kappa shape index (κ1) is 20.1. The van der Waals surface area contributed by atoms with Gasteiger partial charge in [-0.1, -0.05) is 20.8 Å². The van der Waals surface area contributed by atoms with Crippen LogP contribution in [0.2, 0.25) is 0 Å². The maximum atomic E-state index is 12.0. The summed E-state index contributed by atoms with van der Waals surface area (Å²) in [5.41, 5.74) is 0.569. The number of likely N-dealkylation sites (tertiary alicyclic amines) is 1. The molecule has 26 heavy (non-hydrogen) atoms. The van der Waals surface area contributed by atoms with Crippen LogP contribution in [-0.4, -0.2) is 61.0 Å². The Morgan fingerprint density at radius 1 is 1.31 bits per heavy atom. The van der Waals surface area contributed by atoms with E-state index in [0.29, 0.717) is 31.7 Å². The lowest BCUT2D eigenvalue weighted by atomic mass is 9.70. The van der Waals surface area contributed by atoms with Gasteiger partial charge in [0.1, 0.15) is 0 Å². The van der Waals surface area contributed by atoms with Gasteiger partial charge in [-0.2, -0.15) is 0 Å². The number of hydrogen-bond acceptors (Lipinski definition) is 5. The lowest BCUT2D eigenvalue weighted by molar-refractivity contribution is -0.150. The monoisotopic (exact) mass is 367 g/mol. The summed E-state index contributed by atoms with van der Waals surface area (Å²) < 4.78 is 11.4. The highest BCUT2D eigenvalue weighted by atomic mass is 16.5. The summed E-state index contributed by atoms with van der Waals surface area (Å²) >= 11 is 0. The van der Waals surface area contributed by atoms with E-state index >= 15 is 0 Å². The first-order valence-electron chi connectivity index (χ1n) is 10.5. The smallest absolute Gasteiger partial charge is 0.310 e. The average Bonchev–Trinajstić information content (AvgIpc) is 2.93. The fraction of sp³-hybridized carbons (Fsp3) is 0.952. The van der Waals surface area contributed by atoms with Crippen LogP contribution >= 0.6 is 0 Å². The Labute approximate surface area is 158 Å². The minimum atomic E-state index is -0.498. The van der Waals surface area contributed by atoms with Gasteiger partial charge < -0.3 is 14.6 Å². The molecular weight excluding hydrogens is 330 g/mol. The van der Waals surface area contributed by atoms with Gasteiger partial charge in [-0.25, -0.2) is 0 Å². The van der Waals surface area contributed by atoms with Crippen molar-refractivity contribution in [1.29, 1.82) is 0 Å². The normalized spacial score (nSPS) is 37.7. The molecule has 3 fully saturated rings. The summed E-state index contributed by atoms with van der Waals surface area (Å²) in [5, 5.41) is 10.5. The number of carbonyl (C=O) groups excluding carboxylic acids is 1. The quantitative estimate of drug-likeness (QED) is 0.701. The first-order chi connectivity index (χ1) is 12.3. The highest BCUT2D eigenvalue weighted by Gasteiger charge is 2.61. The van der Waals surface area contributed by atoms with Gasteiger partial charge in [0.05, 0.1) is 31.3 Å². The zero-order valence-electron chi connectivity index (χ0n) is 17.0. The Morgan fingerprint density at radius 2 is 2.08 bits per heavy atom. The van der Waals surface area contributed by atoms with Crippen LogP contribution < -0.4 is 0 Å². The molecule has 3 rings (SSSR count). The number of esters is 1. The third-order valence-electron chi connectivity index (χ3n) is 7.80. The molecule has 1 saturated heterocycles. The lowest BCUT2D eigenvalue weighted by Gasteiger charge is -2.39. The topological polar surface area (TPSA) is 59.0 Å². The van der Waals surface area contributed by atoms with Crippen molar-refractivity contribution in [3.05, 3.63) is 0 Å². The zero-order valence-corrected chi connectivity index (χ0v) is 17.0. The largest absolute Gasteiger partial charge is 0.466 e. The van der Waals surface area contributed by atoms with E-state index in [2.05, 4.69) is 25.7 Å². The standard InChI is InChI=1S/C21H37NO4/c1-5-25-19(24)15-7-6-10-22(12-15)13-17(23)14-26-18-11-16-8-9-21(18,4)20(16,2)3/h15-18,23H,5-14H2,1-4H3/t15-,16+,17+,18-,21+/m1/s1. The summed E-state index contributed by atoms with van der Waals surface area (Å²) in [6.07, 6.45) is 5.31. The molecule has 0 radical (unpaired) electrons. The van der Waals surface area contributed by atoms with Gasteiger partial charge in [0.25, 0.3) is 0 Å². The highest BCUT2D eigenvalue weighted by molar-refractivity contribution is 5.72. The van der Waals surface area contributed by atoms with Gasteiger partial charge in [0.15, 0.2) is 0 Å². The number of β-amino-alcohol motifs (C(OH)–C–C–N with tert-alkyl or cyclic N) is 1. The molecule has 2 bridgehead atoms. The van der Waals surface area contributed by atoms with Gasteiger partial charge in [-0.3, -0.25) is 9.69 Å². The van der Waals surface area contributed by atoms with E-state index in [0.717, 1.165) is 31.7 Å². The Hall–Kier alpha value is -0.650. The van der Waals surface area contributed by atoms with Gasteiger partial charge >= 0.3 is 5.97 Å². The molecule has 0 unspecified atom stereocenters. The Bertz CT molecular complexity index is 508. The molecule has 2 aliphatic carbocycles. The lowest BCUT2D eigenvalue weighted by Crippen LogP contribution is -2.45. The van der Waals surface area contributed by atoms with Crippen molar-refractivity contribution in [1.82, 2.24) is 4.90 Å². The van der Waals surface area contributed by atoms with Gasteiger partial charge in [0.2, 0.25) is 0 Å². The number of ether oxygens (including phenoxy) is 2. The molecule has 2 saturated carbocycles. The Balaban J connectivity index is 1.45. The molecular formula is C21H37NO4. The van der Waals surface area contributed by atoms with Crippen molar-refractivity contribution in [2.75, 3.05) is 32.8 Å². The third kappa shape index (κ3) is 3.67. The van der Waals surface area contributed by atoms with Gasteiger partial charge in [-0.05, 0) is 62.3 Å². The SMILES string of the molecule is CCOC(=O)[C@@H]1CCCN(C[C@H](O)CO[C@@H]2C[C@@H]3CC[C@]2(C)C3(C)C)C1. The van der Waals surface area contributed by atoms with Crippen LogP contribution in [0.15, 0.2) is 0 Å². The summed E-state index contributed by atoms with van der Waals surface area (Å²) in [4.78, 5) is 14.1. The minimum Gasteiger partial charge on any atom is -0.466 e. The van der Waals surface area contributed by atoms with Crippen LogP contribution in [0.5, 0.6) is 0 Å². The van der Waals surface area contributed by atoms with Crippen LogP contribution in [-0.2, 0) is 14.3 Å². The van der Waals surface area contributed by atoms with Crippen LogP contribution in [0.1, 0.15) is 59.8 Å². The number of fused-ring (bicyclic) bond motifs is 2. The molecule has 0 spiro atoms. The fourth-order valence-corrected chi connectivity index (χ4v) is 5.63. The highest BCUT2D eigenvalue weighted by Crippen LogP contribution is 2.66. The van der Waals surface area contributed by atoms with Gasteiger partial charge in [0, 0.05) is 13.1 Å². The van der Waals surface area contributed by atoms with Crippen molar-refractivity contribution >= 4 is 5.97 Å². The molecule has 5 heteroatoms. The van der Waals surface area contributed by atoms with Crippen LogP contribution in [0.4, 0.5) is 0 Å². The van der Waals surface area contributed by atoms with Crippen LogP contribution in [0.25, 0.3) is 0 Å². The number of aliphatic hydroxyl groups excluding tert-OH is 1. The number of aliphatic hydroxyl groups is 1. The second-order valence-electron chi connectivity index (χ2n) is 9.44. The van der Waals surface area contributed by atoms with Crippen molar-refractivity contribution in [3.8, 4) is 0 Å². The van der Waals surface area contributed by atoms with Crippen LogP contribution in [0.3, 0.4) is 0 Å². The predicted molar refractivity (Wildman–Crippen MR) is 101 cm³/mol. The van der Waals surface area contributed by atoms with E-state index in [1.54, 1.807) is 0 Å². The van der Waals surface area contributed by atoms with Crippen molar-refractivity contribution in [3.63, 3.8) is 0 Å². The van der Waals surface area contributed by atoms with Crippen molar-refractivity contribution < 1.29 is 19.4 Å². The molecule has 1 N–H and O–H groups in total. The van der Waals surface area contributed by atoms with E-state index < -0.39 is 6.10 Å². The van der Waals surface area contributed by atoms with E-state index in [1.165, 1.54) is 12.8 Å². The second-order valence-corrected chi connectivity index (χ2v) is 9.44. The van der Waals surface area contributed by atoms with E-state index in [9.17, 15) is 9.90 Å². The summed E-state index contributed by atoms with van der Waals surface area (Å²) in [6, 6.07) is 0. The maximum Gasteiger partial charge on any atom is 0.310 e. The fourth-order valence-electron chi connectivity index (χ4n) is 5.63. The molecule has 5 nitrogen and oxygen atoms in total. The number of piperidine rings is 1. The molecule has 0 aromatic heterocycles. The third-order valence-corrected chi connectivity index (χ3v) is 7.80. The molecule has 150 valence electrons. The number of nitrogens with zero attached hydrogens (tertiary/aromatic N) is 1. The number of hydrogen-bond donors (Lipinski definition) is 1. The van der Waals surface area contributed by atoms with E-state index in [-0.39, 0.29) is 23.4 Å². The molecule has 0 amide bonds. The summed E-state index contributed by atoms with van der Waals surface area (Å²) in [7, 11) is 0. The molecule has 0 aromatic carbocycles. The van der Waals surface area contributed by atoms with Crippen molar-refractivity contribution in [2.45, 2.75) is 72.0 Å².